The number of benzene rings is 1. The number of halogens is 3. The first kappa shape index (κ1) is 17.3. The molecule has 0 atom stereocenters. The smallest absolute Gasteiger partial charge is 0.405 e. The summed E-state index contributed by atoms with van der Waals surface area (Å²) in [7, 11) is 0. The summed E-state index contributed by atoms with van der Waals surface area (Å²) in [5, 5.41) is 4.90. The Bertz CT molecular complexity index is 476. The van der Waals surface area contributed by atoms with Crippen molar-refractivity contribution in [1.82, 2.24) is 10.6 Å². The third-order valence-corrected chi connectivity index (χ3v) is 2.63. The zero-order valence-corrected chi connectivity index (χ0v) is 12.0. The fourth-order valence-electron chi connectivity index (χ4n) is 1.64. The van der Waals surface area contributed by atoms with E-state index < -0.39 is 25.2 Å². The highest BCUT2D eigenvalue weighted by Crippen LogP contribution is 2.20. The Morgan fingerprint density at radius 1 is 1.33 bits per heavy atom. The van der Waals surface area contributed by atoms with Crippen LogP contribution in [0.5, 0.6) is 5.75 Å². The normalized spacial score (nSPS) is 11.3. The van der Waals surface area contributed by atoms with E-state index >= 15 is 0 Å². The first-order valence-corrected chi connectivity index (χ1v) is 6.58. The SMILES string of the molecule is CCNCc1cc(C)ccc1OCC(=O)NCC(F)(F)F. The number of ether oxygens (including phenoxy) is 1. The average molecular weight is 304 g/mol. The maximum absolute atomic E-state index is 12.0. The van der Waals surface area contributed by atoms with Gasteiger partial charge < -0.3 is 15.4 Å². The van der Waals surface area contributed by atoms with Gasteiger partial charge in [0.1, 0.15) is 12.3 Å². The van der Waals surface area contributed by atoms with Crippen LogP contribution in [0, 0.1) is 6.92 Å². The lowest BCUT2D eigenvalue weighted by atomic mass is 10.1. The molecule has 0 spiro atoms. The molecule has 1 rings (SSSR count). The largest absolute Gasteiger partial charge is 0.483 e. The number of amides is 1. The van der Waals surface area contributed by atoms with Crippen molar-refractivity contribution < 1.29 is 22.7 Å². The predicted molar refractivity (Wildman–Crippen MR) is 73.1 cm³/mol. The Kier molecular flexibility index (Phi) is 6.48. The van der Waals surface area contributed by atoms with Gasteiger partial charge in [-0.05, 0) is 19.5 Å². The lowest BCUT2D eigenvalue weighted by Crippen LogP contribution is -2.36. The number of aryl methyl sites for hydroxylation is 1. The minimum Gasteiger partial charge on any atom is -0.483 e. The van der Waals surface area contributed by atoms with Gasteiger partial charge in [0.05, 0.1) is 0 Å². The van der Waals surface area contributed by atoms with E-state index in [0.29, 0.717) is 12.3 Å². The Labute approximate surface area is 121 Å². The quantitative estimate of drug-likeness (QED) is 0.811. The maximum Gasteiger partial charge on any atom is 0.405 e. The standard InChI is InChI=1S/C14H19F3N2O2/c1-3-18-7-11-6-10(2)4-5-12(11)21-8-13(20)19-9-14(15,16)17/h4-6,18H,3,7-9H2,1-2H3,(H,19,20). The number of hydrogen-bond donors (Lipinski definition) is 2. The van der Waals surface area contributed by atoms with E-state index in [-0.39, 0.29) is 0 Å². The Balaban J connectivity index is 2.56. The van der Waals surface area contributed by atoms with E-state index in [1.807, 2.05) is 26.0 Å². The van der Waals surface area contributed by atoms with Crippen molar-refractivity contribution in [1.29, 1.82) is 0 Å². The molecule has 2 N–H and O–H groups in total. The highest BCUT2D eigenvalue weighted by atomic mass is 19.4. The van der Waals surface area contributed by atoms with Crippen molar-refractivity contribution in [2.75, 3.05) is 19.7 Å². The van der Waals surface area contributed by atoms with Crippen molar-refractivity contribution in [2.24, 2.45) is 0 Å². The molecule has 0 bridgehead atoms. The van der Waals surface area contributed by atoms with Gasteiger partial charge in [-0.25, -0.2) is 0 Å². The molecule has 0 radical (unpaired) electrons. The zero-order valence-electron chi connectivity index (χ0n) is 12.0. The van der Waals surface area contributed by atoms with Gasteiger partial charge >= 0.3 is 6.18 Å². The van der Waals surface area contributed by atoms with Gasteiger partial charge in [-0.15, -0.1) is 0 Å². The molecule has 0 saturated heterocycles. The first-order valence-electron chi connectivity index (χ1n) is 6.58. The third kappa shape index (κ3) is 6.99. The fraction of sp³-hybridized carbons (Fsp3) is 0.500. The van der Waals surface area contributed by atoms with Crippen molar-refractivity contribution >= 4 is 5.91 Å². The Morgan fingerprint density at radius 3 is 2.67 bits per heavy atom. The number of rotatable bonds is 7. The van der Waals surface area contributed by atoms with Crippen LogP contribution < -0.4 is 15.4 Å². The molecule has 7 heteroatoms. The average Bonchev–Trinajstić information content (AvgIpc) is 2.41. The number of alkyl halides is 3. The third-order valence-electron chi connectivity index (χ3n) is 2.63. The second-order valence-electron chi connectivity index (χ2n) is 4.57. The van der Waals surface area contributed by atoms with Crippen molar-refractivity contribution in [3.05, 3.63) is 29.3 Å². The maximum atomic E-state index is 12.0. The van der Waals surface area contributed by atoms with Gasteiger partial charge in [0.15, 0.2) is 6.61 Å². The van der Waals surface area contributed by atoms with Crippen LogP contribution in [0.2, 0.25) is 0 Å². The second kappa shape index (κ2) is 7.87. The minimum absolute atomic E-state index is 0.446. The van der Waals surface area contributed by atoms with Crippen LogP contribution in [-0.4, -0.2) is 31.8 Å². The van der Waals surface area contributed by atoms with Crippen LogP contribution in [-0.2, 0) is 11.3 Å². The molecule has 0 aliphatic carbocycles. The van der Waals surface area contributed by atoms with Crippen LogP contribution in [0.3, 0.4) is 0 Å². The van der Waals surface area contributed by atoms with Gasteiger partial charge in [-0.1, -0.05) is 24.6 Å². The molecule has 0 aliphatic heterocycles. The lowest BCUT2D eigenvalue weighted by molar-refractivity contribution is -0.139. The molecular formula is C14H19F3N2O2. The Hall–Kier alpha value is -1.76. The highest BCUT2D eigenvalue weighted by molar-refractivity contribution is 5.77. The molecule has 1 aromatic rings. The summed E-state index contributed by atoms with van der Waals surface area (Å²) in [5.74, 6) is -0.314. The van der Waals surface area contributed by atoms with Gasteiger partial charge in [-0.3, -0.25) is 4.79 Å². The number of carbonyl (C=O) groups is 1. The molecule has 0 heterocycles. The molecule has 4 nitrogen and oxygen atoms in total. The van der Waals surface area contributed by atoms with E-state index in [9.17, 15) is 18.0 Å². The van der Waals surface area contributed by atoms with Gasteiger partial charge in [0, 0.05) is 12.1 Å². The van der Waals surface area contributed by atoms with E-state index in [2.05, 4.69) is 5.32 Å². The molecular weight excluding hydrogens is 285 g/mol. The summed E-state index contributed by atoms with van der Waals surface area (Å²) >= 11 is 0. The first-order chi connectivity index (χ1) is 9.81. The van der Waals surface area contributed by atoms with Gasteiger partial charge in [0.25, 0.3) is 5.91 Å². The molecule has 0 aromatic heterocycles. The summed E-state index contributed by atoms with van der Waals surface area (Å²) in [6, 6.07) is 5.43. The topological polar surface area (TPSA) is 50.4 Å². The summed E-state index contributed by atoms with van der Waals surface area (Å²) in [6.45, 7) is 3.43. The summed E-state index contributed by atoms with van der Waals surface area (Å²) in [6.07, 6.45) is -4.42. The van der Waals surface area contributed by atoms with Crippen LogP contribution >= 0.6 is 0 Å². The van der Waals surface area contributed by atoms with Crippen molar-refractivity contribution in [3.63, 3.8) is 0 Å². The summed E-state index contributed by atoms with van der Waals surface area (Å²) in [5.41, 5.74) is 1.90. The monoisotopic (exact) mass is 304 g/mol. The van der Waals surface area contributed by atoms with Crippen molar-refractivity contribution in [3.8, 4) is 5.75 Å². The second-order valence-corrected chi connectivity index (χ2v) is 4.57. The fourth-order valence-corrected chi connectivity index (χ4v) is 1.64. The zero-order chi connectivity index (χ0) is 15.9. The Morgan fingerprint density at radius 2 is 2.05 bits per heavy atom. The van der Waals surface area contributed by atoms with E-state index in [1.165, 1.54) is 0 Å². The minimum atomic E-state index is -4.42. The van der Waals surface area contributed by atoms with Gasteiger partial charge in [-0.2, -0.15) is 13.2 Å². The number of carbonyl (C=O) groups excluding carboxylic acids is 1. The number of nitrogens with one attached hydrogen (secondary N) is 2. The summed E-state index contributed by atoms with van der Waals surface area (Å²) in [4.78, 5) is 11.3. The lowest BCUT2D eigenvalue weighted by Gasteiger charge is -2.13. The molecule has 0 saturated carbocycles. The number of hydrogen-bond acceptors (Lipinski definition) is 3. The van der Waals surface area contributed by atoms with E-state index in [0.717, 1.165) is 17.7 Å². The molecule has 1 aromatic carbocycles. The van der Waals surface area contributed by atoms with Crippen molar-refractivity contribution in [2.45, 2.75) is 26.6 Å². The molecule has 0 aliphatic rings. The molecule has 0 fully saturated rings. The molecule has 0 unspecified atom stereocenters. The molecule has 1 amide bonds. The molecule has 118 valence electrons. The van der Waals surface area contributed by atoms with Crippen LogP contribution in [0.15, 0.2) is 18.2 Å². The summed E-state index contributed by atoms with van der Waals surface area (Å²) < 4.78 is 41.2. The van der Waals surface area contributed by atoms with Crippen LogP contribution in [0.25, 0.3) is 0 Å². The molecule has 21 heavy (non-hydrogen) atoms. The van der Waals surface area contributed by atoms with Crippen LogP contribution in [0.4, 0.5) is 13.2 Å². The van der Waals surface area contributed by atoms with E-state index in [4.69, 9.17) is 4.74 Å². The predicted octanol–water partition coefficient (Wildman–Crippen LogP) is 2.16. The van der Waals surface area contributed by atoms with Gasteiger partial charge in [0.2, 0.25) is 0 Å². The van der Waals surface area contributed by atoms with Crippen LogP contribution in [0.1, 0.15) is 18.1 Å². The van der Waals surface area contributed by atoms with E-state index in [1.54, 1.807) is 11.4 Å². The highest BCUT2D eigenvalue weighted by Gasteiger charge is 2.27.